The summed E-state index contributed by atoms with van der Waals surface area (Å²) in [5.74, 6) is -0.190. The highest BCUT2D eigenvalue weighted by molar-refractivity contribution is 8.00. The van der Waals surface area contributed by atoms with E-state index in [1.807, 2.05) is 42.5 Å². The largest absolute Gasteiger partial charge is 0.375 e. The highest BCUT2D eigenvalue weighted by atomic mass is 32.2. The number of carbonyl (C=O) groups excluding carboxylic acids is 2. The fraction of sp³-hybridized carbons (Fsp3) is 0.300. The van der Waals surface area contributed by atoms with Crippen LogP contribution in [-0.4, -0.2) is 30.7 Å². The summed E-state index contributed by atoms with van der Waals surface area (Å²) in [4.78, 5) is 24.1. The van der Waals surface area contributed by atoms with Gasteiger partial charge in [-0.2, -0.15) is 0 Å². The summed E-state index contributed by atoms with van der Waals surface area (Å²) in [5, 5.41) is 6.19. The summed E-state index contributed by atoms with van der Waals surface area (Å²) < 4.78 is 0. The van der Waals surface area contributed by atoms with E-state index in [9.17, 15) is 9.59 Å². The van der Waals surface area contributed by atoms with Crippen molar-refractivity contribution in [3.05, 3.63) is 60.2 Å². The molecule has 2 amide bonds. The van der Waals surface area contributed by atoms with Crippen LogP contribution < -0.4 is 16.4 Å². The minimum Gasteiger partial charge on any atom is -0.375 e. The van der Waals surface area contributed by atoms with E-state index in [1.165, 1.54) is 17.3 Å². The second-order valence-corrected chi connectivity index (χ2v) is 7.54. The van der Waals surface area contributed by atoms with Crippen molar-refractivity contribution >= 4 is 29.3 Å². The Labute approximate surface area is 157 Å². The lowest BCUT2D eigenvalue weighted by atomic mass is 9.96. The van der Waals surface area contributed by atoms with Gasteiger partial charge < -0.3 is 16.4 Å². The van der Waals surface area contributed by atoms with Gasteiger partial charge in [-0.15, -0.1) is 11.8 Å². The Morgan fingerprint density at radius 3 is 2.42 bits per heavy atom. The maximum atomic E-state index is 12.2. The fourth-order valence-corrected chi connectivity index (χ4v) is 3.67. The Hall–Kier alpha value is -2.47. The molecule has 136 valence electrons. The zero-order valence-corrected chi connectivity index (χ0v) is 15.4. The van der Waals surface area contributed by atoms with Crippen molar-refractivity contribution < 1.29 is 9.59 Å². The maximum Gasteiger partial charge on any atom is 0.239 e. The van der Waals surface area contributed by atoms with Crippen molar-refractivity contribution in [2.75, 3.05) is 24.2 Å². The van der Waals surface area contributed by atoms with E-state index in [1.54, 1.807) is 0 Å². The predicted octanol–water partition coefficient (Wildman–Crippen LogP) is 2.52. The number of nitrogens with two attached hydrogens (primary N) is 1. The average Bonchev–Trinajstić information content (AvgIpc) is 3.45. The van der Waals surface area contributed by atoms with Crippen molar-refractivity contribution in [3.8, 4) is 0 Å². The van der Waals surface area contributed by atoms with Gasteiger partial charge in [0.15, 0.2) is 0 Å². The standard InChI is InChI=1S/C20H23N3O2S/c21-18(24)13-26-17-9-5-4-8-16(17)22-12-19(25)23-14-20(10-11-20)15-6-2-1-3-7-15/h1-9,22H,10-14H2,(H2,21,24)(H,23,25). The third-order valence-electron chi connectivity index (χ3n) is 4.56. The van der Waals surface area contributed by atoms with Crippen molar-refractivity contribution in [1.29, 1.82) is 0 Å². The fourth-order valence-electron chi connectivity index (χ4n) is 2.90. The average molecular weight is 369 g/mol. The number of amides is 2. The molecule has 1 aliphatic carbocycles. The molecular weight excluding hydrogens is 346 g/mol. The first-order valence-corrected chi connectivity index (χ1v) is 9.64. The van der Waals surface area contributed by atoms with E-state index in [2.05, 4.69) is 22.8 Å². The first-order valence-electron chi connectivity index (χ1n) is 8.65. The number of thioether (sulfide) groups is 1. The summed E-state index contributed by atoms with van der Waals surface area (Å²) in [6.07, 6.45) is 2.22. The van der Waals surface area contributed by atoms with Crippen molar-refractivity contribution in [2.45, 2.75) is 23.2 Å². The lowest BCUT2D eigenvalue weighted by Crippen LogP contribution is -2.36. The molecule has 3 rings (SSSR count). The monoisotopic (exact) mass is 369 g/mol. The van der Waals surface area contributed by atoms with E-state index in [4.69, 9.17) is 5.73 Å². The highest BCUT2D eigenvalue weighted by Crippen LogP contribution is 2.47. The molecule has 0 aliphatic heterocycles. The van der Waals surface area contributed by atoms with E-state index in [-0.39, 0.29) is 29.5 Å². The van der Waals surface area contributed by atoms with E-state index in [0.717, 1.165) is 23.4 Å². The molecule has 1 aliphatic rings. The first kappa shape index (κ1) is 18.3. The summed E-state index contributed by atoms with van der Waals surface area (Å²) in [7, 11) is 0. The second kappa shape index (κ2) is 8.27. The Balaban J connectivity index is 1.50. The van der Waals surface area contributed by atoms with Crippen LogP contribution in [0.15, 0.2) is 59.5 Å². The molecule has 26 heavy (non-hydrogen) atoms. The first-order chi connectivity index (χ1) is 12.6. The van der Waals surface area contributed by atoms with Crippen molar-refractivity contribution in [2.24, 2.45) is 5.73 Å². The number of hydrogen-bond acceptors (Lipinski definition) is 4. The predicted molar refractivity (Wildman–Crippen MR) is 105 cm³/mol. The van der Waals surface area contributed by atoms with Crippen molar-refractivity contribution in [1.82, 2.24) is 5.32 Å². The van der Waals surface area contributed by atoms with Gasteiger partial charge in [-0.3, -0.25) is 9.59 Å². The molecule has 2 aromatic rings. The molecule has 1 fully saturated rings. The number of primary amides is 1. The van der Waals surface area contributed by atoms with Crippen LogP contribution in [0.1, 0.15) is 18.4 Å². The number of para-hydroxylation sites is 1. The lowest BCUT2D eigenvalue weighted by molar-refractivity contribution is -0.119. The van der Waals surface area contributed by atoms with Gasteiger partial charge in [-0.25, -0.2) is 0 Å². The second-order valence-electron chi connectivity index (χ2n) is 6.53. The Kier molecular flexibility index (Phi) is 5.83. The van der Waals surface area contributed by atoms with Crippen LogP contribution in [0.2, 0.25) is 0 Å². The summed E-state index contributed by atoms with van der Waals surface area (Å²) in [6, 6.07) is 17.9. The molecule has 0 atom stereocenters. The van der Waals surface area contributed by atoms with Crippen LogP contribution in [0.3, 0.4) is 0 Å². The molecule has 0 spiro atoms. The quantitative estimate of drug-likeness (QED) is 0.593. The molecule has 1 saturated carbocycles. The third kappa shape index (κ3) is 4.79. The third-order valence-corrected chi connectivity index (χ3v) is 5.66. The lowest BCUT2D eigenvalue weighted by Gasteiger charge is -2.17. The van der Waals surface area contributed by atoms with Crippen LogP contribution in [0.25, 0.3) is 0 Å². The number of anilines is 1. The van der Waals surface area contributed by atoms with Crippen LogP contribution in [0.5, 0.6) is 0 Å². The van der Waals surface area contributed by atoms with Crippen molar-refractivity contribution in [3.63, 3.8) is 0 Å². The Morgan fingerprint density at radius 2 is 1.73 bits per heavy atom. The molecule has 0 radical (unpaired) electrons. The van der Waals surface area contributed by atoms with Gasteiger partial charge in [0.1, 0.15) is 0 Å². The Morgan fingerprint density at radius 1 is 1.04 bits per heavy atom. The molecule has 2 aromatic carbocycles. The van der Waals surface area contributed by atoms with Gasteiger partial charge in [0.05, 0.1) is 12.3 Å². The van der Waals surface area contributed by atoms with Gasteiger partial charge in [0.25, 0.3) is 0 Å². The van der Waals surface area contributed by atoms with Gasteiger partial charge in [-0.1, -0.05) is 42.5 Å². The van der Waals surface area contributed by atoms with Crippen LogP contribution in [0.4, 0.5) is 5.69 Å². The summed E-state index contributed by atoms with van der Waals surface area (Å²) in [5.41, 5.74) is 7.43. The van der Waals surface area contributed by atoms with E-state index < -0.39 is 0 Å². The molecular formula is C20H23N3O2S. The molecule has 0 heterocycles. The Bertz CT molecular complexity index is 776. The number of nitrogens with one attached hydrogen (secondary N) is 2. The highest BCUT2D eigenvalue weighted by Gasteiger charge is 2.44. The topological polar surface area (TPSA) is 84.2 Å². The minimum absolute atomic E-state index is 0.0399. The number of rotatable bonds is 9. The minimum atomic E-state index is -0.363. The molecule has 0 saturated heterocycles. The van der Waals surface area contributed by atoms with Crippen LogP contribution in [0, 0.1) is 0 Å². The van der Waals surface area contributed by atoms with Gasteiger partial charge in [0, 0.05) is 22.5 Å². The maximum absolute atomic E-state index is 12.2. The molecule has 4 N–H and O–H groups in total. The van der Waals surface area contributed by atoms with Crippen LogP contribution in [-0.2, 0) is 15.0 Å². The number of carbonyl (C=O) groups is 2. The van der Waals surface area contributed by atoms with Crippen LogP contribution >= 0.6 is 11.8 Å². The smallest absolute Gasteiger partial charge is 0.239 e. The molecule has 0 aromatic heterocycles. The number of benzene rings is 2. The number of hydrogen-bond donors (Lipinski definition) is 3. The summed E-state index contributed by atoms with van der Waals surface area (Å²) in [6.45, 7) is 0.856. The molecule has 6 heteroatoms. The molecule has 0 bridgehead atoms. The zero-order valence-electron chi connectivity index (χ0n) is 14.5. The molecule has 0 unspecified atom stereocenters. The normalized spacial score (nSPS) is 14.5. The van der Waals surface area contributed by atoms with Gasteiger partial charge in [0.2, 0.25) is 11.8 Å². The van der Waals surface area contributed by atoms with Gasteiger partial charge >= 0.3 is 0 Å². The van der Waals surface area contributed by atoms with E-state index >= 15 is 0 Å². The van der Waals surface area contributed by atoms with Gasteiger partial charge in [-0.05, 0) is 30.5 Å². The summed E-state index contributed by atoms with van der Waals surface area (Å²) >= 11 is 1.36. The molecule has 5 nitrogen and oxygen atoms in total. The SMILES string of the molecule is NC(=O)CSc1ccccc1NCC(=O)NCC1(c2ccccc2)CC1. The zero-order chi connectivity index (χ0) is 18.4. The van der Waals surface area contributed by atoms with E-state index in [0.29, 0.717) is 6.54 Å².